The molecule has 29 heavy (non-hydrogen) atoms. The molecule has 0 saturated heterocycles. The molecule has 0 heterocycles. The van der Waals surface area contributed by atoms with Crippen molar-refractivity contribution in [2.75, 3.05) is 12.3 Å². The van der Waals surface area contributed by atoms with Crippen LogP contribution in [0.2, 0.25) is 0 Å². The smallest absolute Gasteiger partial charge is 0.00638 e. The molecule has 0 aliphatic rings. The minimum Gasteiger partial charge on any atom is -0.115 e. The van der Waals surface area contributed by atoms with Crippen molar-refractivity contribution >= 4 is 17.2 Å². The Hall–Kier alpha value is 0.860. The lowest BCUT2D eigenvalue weighted by Gasteiger charge is -2.15. The molecular formula is C27H58P2. The van der Waals surface area contributed by atoms with E-state index in [0.29, 0.717) is 0 Å². The summed E-state index contributed by atoms with van der Waals surface area (Å²) in [6, 6.07) is 0. The van der Waals surface area contributed by atoms with Crippen LogP contribution in [-0.4, -0.2) is 17.7 Å². The average Bonchev–Trinajstić information content (AvgIpc) is 2.74. The van der Waals surface area contributed by atoms with E-state index >= 15 is 0 Å². The molecule has 0 aromatic carbocycles. The maximum Gasteiger partial charge on any atom is -0.00638 e. The lowest BCUT2D eigenvalue weighted by Crippen LogP contribution is -1.94. The highest BCUT2D eigenvalue weighted by atomic mass is 31.1. The van der Waals surface area contributed by atoms with Crippen LogP contribution in [0.15, 0.2) is 0 Å². The highest BCUT2D eigenvalue weighted by Crippen LogP contribution is 2.38. The zero-order valence-corrected chi connectivity index (χ0v) is 22.8. The van der Waals surface area contributed by atoms with E-state index in [0.717, 1.165) is 5.40 Å². The van der Waals surface area contributed by atoms with Crippen LogP contribution in [-0.2, 0) is 0 Å². The van der Waals surface area contributed by atoms with Gasteiger partial charge in [-0.25, -0.2) is 0 Å². The van der Waals surface area contributed by atoms with Gasteiger partial charge in [0.25, 0.3) is 0 Å². The van der Waals surface area contributed by atoms with E-state index in [1.54, 1.807) is 0 Å². The predicted molar refractivity (Wildman–Crippen MR) is 144 cm³/mol. The molecule has 2 unspecified atom stereocenters. The van der Waals surface area contributed by atoms with Gasteiger partial charge in [0.05, 0.1) is 0 Å². The zero-order chi connectivity index (χ0) is 21.3. The molecule has 0 spiro atoms. The van der Waals surface area contributed by atoms with Crippen molar-refractivity contribution in [2.24, 2.45) is 0 Å². The molecule has 0 N–H and O–H groups in total. The Morgan fingerprint density at radius 3 is 0.931 bits per heavy atom. The van der Waals surface area contributed by atoms with Crippen LogP contribution < -0.4 is 0 Å². The third-order valence-electron chi connectivity index (χ3n) is 6.25. The summed E-state index contributed by atoms with van der Waals surface area (Å²) in [4.78, 5) is 0. The van der Waals surface area contributed by atoms with Gasteiger partial charge in [-0.05, 0) is 37.0 Å². The molecular weight excluding hydrogens is 386 g/mol. The second-order valence-corrected chi connectivity index (χ2v) is 13.0. The summed E-state index contributed by atoms with van der Waals surface area (Å²) in [7, 11) is 2.52. The van der Waals surface area contributed by atoms with Crippen molar-refractivity contribution in [3.05, 3.63) is 0 Å². The number of hydrogen-bond donors (Lipinski definition) is 0. The van der Waals surface area contributed by atoms with Crippen molar-refractivity contribution < 1.29 is 0 Å². The molecule has 0 nitrogen and oxygen atoms in total. The van der Waals surface area contributed by atoms with Gasteiger partial charge in [-0.2, -0.15) is 0 Å². The lowest BCUT2D eigenvalue weighted by molar-refractivity contribution is 0.562. The topological polar surface area (TPSA) is 0 Å². The molecule has 0 fully saturated rings. The summed E-state index contributed by atoms with van der Waals surface area (Å²) in [6.07, 6.45) is 34.0. The zero-order valence-electron chi connectivity index (χ0n) is 20.8. The van der Waals surface area contributed by atoms with Crippen molar-refractivity contribution in [3.63, 3.8) is 0 Å². The van der Waals surface area contributed by atoms with Gasteiger partial charge in [-0.15, -0.1) is 17.2 Å². The Kier molecular flexibility index (Phi) is 27.7. The normalized spacial score (nSPS) is 13.3. The summed E-state index contributed by atoms with van der Waals surface area (Å²) in [5.41, 5.74) is 0. The number of unbranched alkanes of at least 4 members (excludes halogenated alkanes) is 18. The molecule has 0 aliphatic heterocycles. The van der Waals surface area contributed by atoms with Gasteiger partial charge < -0.3 is 0 Å². The summed E-state index contributed by atoms with van der Waals surface area (Å²) in [5, 5.41) is 1.08. The first-order valence-corrected chi connectivity index (χ1v) is 16.4. The van der Waals surface area contributed by atoms with Crippen molar-refractivity contribution in [3.8, 4) is 0 Å². The first-order chi connectivity index (χ1) is 14.3. The largest absolute Gasteiger partial charge is 0.115 e. The minimum atomic E-state index is 1.08. The monoisotopic (exact) mass is 444 g/mol. The van der Waals surface area contributed by atoms with Crippen LogP contribution in [0.5, 0.6) is 0 Å². The quantitative estimate of drug-likeness (QED) is 0.0970. The summed E-state index contributed by atoms with van der Waals surface area (Å²) < 4.78 is 0. The van der Waals surface area contributed by atoms with Gasteiger partial charge in [0.15, 0.2) is 0 Å². The van der Waals surface area contributed by atoms with Gasteiger partial charge in [0.1, 0.15) is 0 Å². The summed E-state index contributed by atoms with van der Waals surface area (Å²) in [6.45, 7) is 7.05. The molecule has 0 aromatic rings. The first kappa shape index (κ1) is 29.9. The third kappa shape index (κ3) is 25.0. The fourth-order valence-electron chi connectivity index (χ4n) is 4.14. The fourth-order valence-corrected chi connectivity index (χ4v) is 7.76. The van der Waals surface area contributed by atoms with Crippen LogP contribution in [0.3, 0.4) is 0 Å². The molecule has 0 aromatic heterocycles. The molecule has 0 aliphatic carbocycles. The van der Waals surface area contributed by atoms with Crippen molar-refractivity contribution in [1.82, 2.24) is 0 Å². The molecule has 0 amide bonds. The Labute approximate surface area is 190 Å². The van der Waals surface area contributed by atoms with E-state index in [1.807, 2.05) is 0 Å². The molecule has 0 bridgehead atoms. The maximum absolute atomic E-state index is 2.43. The molecule has 0 rings (SSSR count). The Morgan fingerprint density at radius 2 is 0.655 bits per heavy atom. The summed E-state index contributed by atoms with van der Waals surface area (Å²) in [5.74, 6) is 0. The Balaban J connectivity index is 3.27. The number of hydrogen-bond acceptors (Lipinski definition) is 0. The second kappa shape index (κ2) is 26.9. The minimum absolute atomic E-state index is 1.08. The van der Waals surface area contributed by atoms with Crippen LogP contribution in [0, 0.1) is 0 Å². The van der Waals surface area contributed by atoms with Crippen molar-refractivity contribution in [2.45, 2.75) is 161 Å². The Bertz CT molecular complexity index is 254. The highest BCUT2D eigenvalue weighted by molar-refractivity contribution is 7.57. The van der Waals surface area contributed by atoms with Crippen LogP contribution in [0.1, 0.15) is 156 Å². The lowest BCUT2D eigenvalue weighted by atomic mass is 10.1. The SMILES string of the molecule is CCCCCCCCCCCCPC(CC)PCCCCCCCCCCCC. The van der Waals surface area contributed by atoms with Gasteiger partial charge in [-0.3, -0.25) is 0 Å². The molecule has 0 radical (unpaired) electrons. The first-order valence-electron chi connectivity index (χ1n) is 13.8. The van der Waals surface area contributed by atoms with E-state index in [4.69, 9.17) is 0 Å². The predicted octanol–water partition coefficient (Wildman–Crippen LogP) is 10.9. The van der Waals surface area contributed by atoms with Gasteiger partial charge in [-0.1, -0.05) is 136 Å². The summed E-state index contributed by atoms with van der Waals surface area (Å²) >= 11 is 0. The molecule has 0 saturated carbocycles. The number of rotatable bonds is 25. The van der Waals surface area contributed by atoms with Crippen LogP contribution in [0.25, 0.3) is 0 Å². The average molecular weight is 445 g/mol. The van der Waals surface area contributed by atoms with E-state index in [-0.39, 0.29) is 0 Å². The van der Waals surface area contributed by atoms with E-state index in [2.05, 4.69) is 20.8 Å². The van der Waals surface area contributed by atoms with Crippen LogP contribution in [0.4, 0.5) is 0 Å². The van der Waals surface area contributed by atoms with Crippen molar-refractivity contribution in [1.29, 1.82) is 0 Å². The standard InChI is InChI=1S/C27H58P2/c1-4-7-9-11-13-15-17-19-21-23-25-28-27(6-3)29-26-24-22-20-18-16-14-12-10-8-5-2/h27-29H,4-26H2,1-3H3. The highest BCUT2D eigenvalue weighted by Gasteiger charge is 2.05. The maximum atomic E-state index is 2.43. The third-order valence-corrected chi connectivity index (χ3v) is 10.6. The van der Waals surface area contributed by atoms with E-state index in [9.17, 15) is 0 Å². The van der Waals surface area contributed by atoms with E-state index in [1.165, 1.54) is 164 Å². The molecule has 2 heteroatoms. The second-order valence-electron chi connectivity index (χ2n) is 9.23. The van der Waals surface area contributed by atoms with E-state index < -0.39 is 0 Å². The molecule has 176 valence electrons. The Morgan fingerprint density at radius 1 is 0.379 bits per heavy atom. The fraction of sp³-hybridized carbons (Fsp3) is 1.00. The van der Waals surface area contributed by atoms with Gasteiger partial charge >= 0.3 is 0 Å². The van der Waals surface area contributed by atoms with Crippen LogP contribution >= 0.6 is 17.2 Å². The van der Waals surface area contributed by atoms with Gasteiger partial charge in [0, 0.05) is 0 Å². The molecule has 2 atom stereocenters. The van der Waals surface area contributed by atoms with Gasteiger partial charge in [0.2, 0.25) is 0 Å².